The van der Waals surface area contributed by atoms with E-state index in [-0.39, 0.29) is 51.0 Å². The zero-order valence-electron chi connectivity index (χ0n) is 26.7. The molecule has 4 unspecified atom stereocenters. The number of rotatable bonds is 1. The summed E-state index contributed by atoms with van der Waals surface area (Å²) in [6.45, 7) is 19.1. The molecular weight excluding hydrogens is 643 g/mol. The SMILES string of the molecule is Cc1cc2c(c(C)c1C)C(C)c1c3c(c4ccccc4c1-2)C(C)C(C)C(C)[C-]3C.[C-]1=CC(c2ccccc2)=CC1.[Cl-].[Cl-].[Zr+4]. The summed E-state index contributed by atoms with van der Waals surface area (Å²) in [5, 5.41) is 2.93. The van der Waals surface area contributed by atoms with Crippen molar-refractivity contribution in [1.82, 2.24) is 0 Å². The maximum Gasteiger partial charge on any atom is 4.00 e. The summed E-state index contributed by atoms with van der Waals surface area (Å²) in [6.07, 6.45) is 8.36. The van der Waals surface area contributed by atoms with Crippen molar-refractivity contribution in [3.8, 4) is 11.1 Å². The van der Waals surface area contributed by atoms with E-state index < -0.39 is 0 Å². The minimum atomic E-state index is 0. The van der Waals surface area contributed by atoms with E-state index >= 15 is 0 Å². The van der Waals surface area contributed by atoms with Crippen LogP contribution in [-0.2, 0) is 26.2 Å². The fourth-order valence-electron chi connectivity index (χ4n) is 7.66. The Morgan fingerprint density at radius 1 is 0.767 bits per heavy atom. The van der Waals surface area contributed by atoms with Crippen LogP contribution in [0.3, 0.4) is 0 Å². The molecule has 0 spiro atoms. The maximum absolute atomic E-state index is 3.15. The van der Waals surface area contributed by atoms with Crippen molar-refractivity contribution in [3.63, 3.8) is 0 Å². The van der Waals surface area contributed by atoms with Crippen LogP contribution in [0.15, 0.2) is 72.8 Å². The van der Waals surface area contributed by atoms with Crippen LogP contribution in [0.1, 0.15) is 97.4 Å². The molecule has 0 amide bonds. The van der Waals surface area contributed by atoms with E-state index in [2.05, 4.69) is 128 Å². The summed E-state index contributed by atoms with van der Waals surface area (Å²) >= 11 is 0. The first-order valence-corrected chi connectivity index (χ1v) is 15.1. The molecule has 220 valence electrons. The van der Waals surface area contributed by atoms with Crippen LogP contribution in [0.25, 0.3) is 27.5 Å². The molecule has 4 aromatic carbocycles. The average Bonchev–Trinajstić information content (AvgIpc) is 3.61. The van der Waals surface area contributed by atoms with Crippen LogP contribution in [0, 0.1) is 44.6 Å². The van der Waals surface area contributed by atoms with E-state index in [0.29, 0.717) is 23.7 Å². The quantitative estimate of drug-likeness (QED) is 0.246. The Balaban J connectivity index is 0.000000307. The zero-order valence-corrected chi connectivity index (χ0v) is 30.7. The van der Waals surface area contributed by atoms with Crippen molar-refractivity contribution in [2.24, 2.45) is 11.8 Å². The summed E-state index contributed by atoms with van der Waals surface area (Å²) in [5.74, 6) is 3.94. The second kappa shape index (κ2) is 13.9. The van der Waals surface area contributed by atoms with Gasteiger partial charge >= 0.3 is 26.2 Å². The van der Waals surface area contributed by atoms with Gasteiger partial charge in [0.15, 0.2) is 0 Å². The van der Waals surface area contributed by atoms with E-state index in [4.69, 9.17) is 0 Å². The number of hydrogen-bond acceptors (Lipinski definition) is 0. The number of hydrogen-bond donors (Lipinski definition) is 0. The van der Waals surface area contributed by atoms with Gasteiger partial charge in [-0.1, -0.05) is 124 Å². The summed E-state index contributed by atoms with van der Waals surface area (Å²) in [6, 6.07) is 22.0. The van der Waals surface area contributed by atoms with Gasteiger partial charge in [0.05, 0.1) is 0 Å². The molecule has 4 aromatic rings. The van der Waals surface area contributed by atoms with Crippen LogP contribution in [0.5, 0.6) is 0 Å². The van der Waals surface area contributed by atoms with Crippen molar-refractivity contribution < 1.29 is 51.0 Å². The van der Waals surface area contributed by atoms with Crippen LogP contribution in [0.2, 0.25) is 0 Å². The predicted octanol–water partition coefficient (Wildman–Crippen LogP) is 5.07. The van der Waals surface area contributed by atoms with E-state index in [1.54, 1.807) is 28.2 Å². The monoisotopic (exact) mass is 682 g/mol. The number of fused-ring (bicyclic) bond motifs is 8. The minimum Gasteiger partial charge on any atom is -1.00 e. The molecule has 0 bridgehead atoms. The first kappa shape index (κ1) is 35.4. The Labute approximate surface area is 291 Å². The van der Waals surface area contributed by atoms with Gasteiger partial charge in [-0.3, -0.25) is 6.08 Å². The smallest absolute Gasteiger partial charge is 1.00 e. The van der Waals surface area contributed by atoms with Crippen LogP contribution in [0.4, 0.5) is 0 Å². The Kier molecular flexibility index (Phi) is 11.5. The molecule has 0 nitrogen and oxygen atoms in total. The second-order valence-corrected chi connectivity index (χ2v) is 12.4. The normalized spacial score (nSPS) is 20.8. The number of halogens is 2. The van der Waals surface area contributed by atoms with Gasteiger partial charge in [0.1, 0.15) is 0 Å². The molecule has 0 radical (unpaired) electrons. The van der Waals surface area contributed by atoms with Gasteiger partial charge < -0.3 is 24.8 Å². The zero-order chi connectivity index (χ0) is 28.3. The van der Waals surface area contributed by atoms with E-state index in [0.717, 1.165) is 6.42 Å². The van der Waals surface area contributed by atoms with Crippen LogP contribution >= 0.6 is 0 Å². The van der Waals surface area contributed by atoms with Gasteiger partial charge in [0, 0.05) is 0 Å². The van der Waals surface area contributed by atoms with Gasteiger partial charge in [-0.05, 0) is 59.9 Å². The molecule has 3 heteroatoms. The fourth-order valence-corrected chi connectivity index (χ4v) is 7.66. The minimum absolute atomic E-state index is 0. The molecule has 0 aliphatic heterocycles. The Hall–Kier alpha value is -2.05. The molecule has 0 saturated heterocycles. The first-order valence-electron chi connectivity index (χ1n) is 15.1. The maximum atomic E-state index is 3.15. The van der Waals surface area contributed by atoms with E-state index in [1.165, 1.54) is 49.7 Å². The molecule has 0 fully saturated rings. The number of allylic oxidation sites excluding steroid dienone is 4. The third-order valence-electron chi connectivity index (χ3n) is 10.6. The number of benzene rings is 4. The first-order chi connectivity index (χ1) is 19.2. The van der Waals surface area contributed by atoms with Gasteiger partial charge in [0.25, 0.3) is 0 Å². The van der Waals surface area contributed by atoms with Crippen molar-refractivity contribution in [1.29, 1.82) is 0 Å². The van der Waals surface area contributed by atoms with E-state index in [1.807, 2.05) is 6.07 Å². The standard InChI is InChI=1S/C29H33.C11H9.2ClH.Zr/c1-14-13-24-25(18(5)15(14)2)21(8)28-27-20(7)17(4)16(3)19(6)26(27)22-11-9-10-12-23(22)29(24)28;1-2-6-10(7-3-1)11-8-4-5-9-11;;;/h9-13,16-17,19,21H,1-8H3;1-3,6-9H,4H2;2*1H;/q2*-1;;;+4/p-2. The average molecular weight is 685 g/mol. The topological polar surface area (TPSA) is 0 Å². The van der Waals surface area contributed by atoms with Crippen LogP contribution in [-0.4, -0.2) is 0 Å². The summed E-state index contributed by atoms with van der Waals surface area (Å²) in [5.41, 5.74) is 16.3. The summed E-state index contributed by atoms with van der Waals surface area (Å²) < 4.78 is 0. The summed E-state index contributed by atoms with van der Waals surface area (Å²) in [4.78, 5) is 0. The van der Waals surface area contributed by atoms with Crippen molar-refractivity contribution >= 4 is 16.3 Å². The molecule has 3 aliphatic rings. The Morgan fingerprint density at radius 3 is 2.02 bits per heavy atom. The van der Waals surface area contributed by atoms with Gasteiger partial charge in [-0.25, -0.2) is 6.08 Å². The van der Waals surface area contributed by atoms with Crippen molar-refractivity contribution in [2.75, 3.05) is 0 Å². The second-order valence-electron chi connectivity index (χ2n) is 12.4. The molecule has 0 saturated carbocycles. The largest absolute Gasteiger partial charge is 4.00 e. The molecule has 43 heavy (non-hydrogen) atoms. The van der Waals surface area contributed by atoms with Gasteiger partial charge in [-0.15, -0.1) is 23.1 Å². The molecule has 0 heterocycles. The third-order valence-corrected chi connectivity index (χ3v) is 10.6. The Bertz CT molecular complexity index is 1680. The summed E-state index contributed by atoms with van der Waals surface area (Å²) in [7, 11) is 0. The molecule has 3 aliphatic carbocycles. The number of aryl methyl sites for hydroxylation is 1. The third kappa shape index (κ3) is 5.76. The van der Waals surface area contributed by atoms with Gasteiger partial charge in [-0.2, -0.15) is 23.1 Å². The Morgan fingerprint density at radius 2 is 1.40 bits per heavy atom. The molecule has 0 N–H and O–H groups in total. The van der Waals surface area contributed by atoms with Crippen molar-refractivity contribution in [3.05, 3.63) is 129 Å². The molecule has 4 atom stereocenters. The molecular formula is C40H42Cl2Zr. The predicted molar refractivity (Wildman–Crippen MR) is 173 cm³/mol. The molecule has 7 rings (SSSR count). The van der Waals surface area contributed by atoms with Gasteiger partial charge in [0.2, 0.25) is 0 Å². The van der Waals surface area contributed by atoms with Crippen LogP contribution < -0.4 is 24.8 Å². The molecule has 0 aromatic heterocycles. The van der Waals surface area contributed by atoms with Crippen molar-refractivity contribution in [2.45, 2.75) is 73.6 Å². The van der Waals surface area contributed by atoms with E-state index in [9.17, 15) is 0 Å². The fraction of sp³-hybridized carbons (Fsp3) is 0.325.